The second-order valence-corrected chi connectivity index (χ2v) is 10.7. The van der Waals surface area contributed by atoms with Gasteiger partial charge >= 0.3 is 7.60 Å². The van der Waals surface area contributed by atoms with Crippen LogP contribution in [0.4, 0.5) is 0 Å². The van der Waals surface area contributed by atoms with Crippen LogP contribution in [0.25, 0.3) is 17.2 Å². The van der Waals surface area contributed by atoms with Crippen LogP contribution in [0.5, 0.6) is 0 Å². The van der Waals surface area contributed by atoms with Gasteiger partial charge in [0.15, 0.2) is 4.99 Å². The minimum atomic E-state index is -4.97. The molecule has 3 N–H and O–H groups in total. The summed E-state index contributed by atoms with van der Waals surface area (Å²) < 4.78 is 42.5. The van der Waals surface area contributed by atoms with Gasteiger partial charge in [0.25, 0.3) is 10.1 Å². The van der Waals surface area contributed by atoms with E-state index in [0.29, 0.717) is 0 Å². The Morgan fingerprint density at radius 2 is 1.41 bits per heavy atom. The van der Waals surface area contributed by atoms with Crippen molar-refractivity contribution in [1.29, 1.82) is 0 Å². The molecule has 2 rings (SSSR count). The van der Waals surface area contributed by atoms with Crippen LogP contribution in [0, 0.1) is 0 Å². The second kappa shape index (κ2) is 18.4. The summed E-state index contributed by atoms with van der Waals surface area (Å²) in [5.41, 5.74) is 4.20. The summed E-state index contributed by atoms with van der Waals surface area (Å²) in [6, 6.07) is 16.0. The first-order valence-electron chi connectivity index (χ1n) is 9.48. The minimum Gasteiger partial charge on any atom is -0.323 e. The Kier molecular flexibility index (Phi) is 21.5. The number of rotatable bonds is 10. The summed E-state index contributed by atoms with van der Waals surface area (Å²) in [7, 11) is -9.81. The Morgan fingerprint density at radius 3 is 1.84 bits per heavy atom. The number of aryl methyl sites for hydroxylation is 1. The van der Waals surface area contributed by atoms with Crippen molar-refractivity contribution in [3.63, 3.8) is 0 Å². The van der Waals surface area contributed by atoms with Crippen LogP contribution in [0.3, 0.4) is 0 Å². The van der Waals surface area contributed by atoms with Gasteiger partial charge < -0.3 is 9.79 Å². The molecule has 11 heteroatoms. The number of allylic oxidation sites excluding steroid dienone is 1. The van der Waals surface area contributed by atoms with Crippen LogP contribution < -0.4 is 0 Å². The molecular weight excluding hydrogens is 529 g/mol. The largest absolute Gasteiger partial charge is 0.346 e. The van der Waals surface area contributed by atoms with Gasteiger partial charge in [0.05, 0.1) is 0 Å². The summed E-state index contributed by atoms with van der Waals surface area (Å²) in [5, 5.41) is 0. The Balaban J connectivity index is 0. The van der Waals surface area contributed by atoms with E-state index >= 15 is 0 Å². The van der Waals surface area contributed by atoms with Crippen LogP contribution in [-0.2, 0) is 21.1 Å². The van der Waals surface area contributed by atoms with Gasteiger partial charge in [-0.15, -0.1) is 0 Å². The van der Waals surface area contributed by atoms with Crippen molar-refractivity contribution in [3.05, 3.63) is 65.7 Å². The standard InChI is InChI=1S/C21H27O6PS.3K/c1-2-3-4-6-17-9-13-19(14-10-17)20-15-11-18(12-16-20)7-5-8-21(28(22,23)24)29(25,26)27;;;/h5,7,9-16,21H,2-4,6,8H2,1H3,(H2,22,23,24)(H,25,26,27);;;. The molecule has 0 bridgehead atoms. The molecule has 2 aromatic rings. The van der Waals surface area contributed by atoms with E-state index in [4.69, 9.17) is 14.3 Å². The third-order valence-electron chi connectivity index (χ3n) is 4.63. The summed E-state index contributed by atoms with van der Waals surface area (Å²) >= 11 is 0. The number of benzene rings is 2. The fraction of sp³-hybridized carbons (Fsp3) is 0.333. The molecule has 0 amide bonds. The Morgan fingerprint density at radius 1 is 0.906 bits per heavy atom. The molecule has 6 nitrogen and oxygen atoms in total. The number of hydrogen-bond donors (Lipinski definition) is 3. The second-order valence-electron chi connectivity index (χ2n) is 6.97. The van der Waals surface area contributed by atoms with E-state index in [1.807, 2.05) is 24.3 Å². The molecule has 0 fully saturated rings. The Labute approximate surface area is 319 Å². The maximum atomic E-state index is 11.2. The molecule has 32 heavy (non-hydrogen) atoms. The molecule has 1 unspecified atom stereocenters. The van der Waals surface area contributed by atoms with Crippen LogP contribution in [0.1, 0.15) is 43.7 Å². The molecule has 0 heterocycles. The van der Waals surface area contributed by atoms with Crippen molar-refractivity contribution in [2.45, 2.75) is 44.0 Å². The summed E-state index contributed by atoms with van der Waals surface area (Å²) in [6.45, 7) is 2.19. The molecule has 0 aromatic heterocycles. The van der Waals surface area contributed by atoms with Gasteiger partial charge in [-0.25, -0.2) is 0 Å². The number of unbranched alkanes of at least 4 members (excludes halogenated alkanes) is 2. The molecule has 161 valence electrons. The molecule has 3 radical (unpaired) electrons. The van der Waals surface area contributed by atoms with E-state index in [0.717, 1.165) is 23.1 Å². The predicted octanol–water partition coefficient (Wildman–Crippen LogP) is 3.74. The fourth-order valence-electron chi connectivity index (χ4n) is 2.98. The SMILES string of the molecule is CCCCCc1ccc(-c2ccc(C=CCC(P(=O)(O)O)S(=O)(=O)O)cc2)cc1.[K].[K].[K]. The van der Waals surface area contributed by atoms with Crippen LogP contribution >= 0.6 is 7.60 Å². The first kappa shape index (κ1) is 37.3. The van der Waals surface area contributed by atoms with Crippen molar-refractivity contribution in [1.82, 2.24) is 0 Å². The summed E-state index contributed by atoms with van der Waals surface area (Å²) in [5.74, 6) is 0. The maximum Gasteiger partial charge on any atom is 0.346 e. The molecular formula is C21H27K3O6PS. The molecule has 0 aliphatic rings. The fourth-order valence-corrected chi connectivity index (χ4v) is 5.12. The van der Waals surface area contributed by atoms with E-state index < -0.39 is 29.1 Å². The smallest absolute Gasteiger partial charge is 0.323 e. The van der Waals surface area contributed by atoms with E-state index in [2.05, 4.69) is 31.2 Å². The van der Waals surface area contributed by atoms with Crippen molar-refractivity contribution >= 4 is 178 Å². The maximum absolute atomic E-state index is 11.2. The van der Waals surface area contributed by atoms with E-state index in [1.165, 1.54) is 30.9 Å². The topological polar surface area (TPSA) is 112 Å². The van der Waals surface area contributed by atoms with Gasteiger partial charge in [0, 0.05) is 154 Å². The average Bonchev–Trinajstić information content (AvgIpc) is 2.64. The third-order valence-corrected chi connectivity index (χ3v) is 8.10. The zero-order chi connectivity index (χ0) is 21.5. The van der Waals surface area contributed by atoms with Crippen LogP contribution in [0.2, 0.25) is 0 Å². The zero-order valence-corrected chi connectivity index (χ0v) is 30.4. The Hall–Kier alpha value is 3.15. The molecule has 0 aliphatic heterocycles. The zero-order valence-electron chi connectivity index (χ0n) is 19.3. The molecule has 1 atom stereocenters. The third kappa shape index (κ3) is 13.6. The normalized spacial score (nSPS) is 12.4. The van der Waals surface area contributed by atoms with Crippen LogP contribution in [-0.4, -0.2) is 182 Å². The Bertz CT molecular complexity index is 974. The van der Waals surface area contributed by atoms with Gasteiger partial charge in [-0.1, -0.05) is 80.4 Å². The van der Waals surface area contributed by atoms with Crippen molar-refractivity contribution < 1.29 is 27.3 Å². The van der Waals surface area contributed by atoms with Crippen LogP contribution in [0.15, 0.2) is 54.6 Å². The first-order chi connectivity index (χ1) is 13.6. The molecule has 0 spiro atoms. The van der Waals surface area contributed by atoms with E-state index in [9.17, 15) is 13.0 Å². The van der Waals surface area contributed by atoms with Gasteiger partial charge in [-0.05, 0) is 41.5 Å². The molecule has 0 saturated heterocycles. The predicted molar refractivity (Wildman–Crippen MR) is 133 cm³/mol. The quantitative estimate of drug-likeness (QED) is 0.178. The van der Waals surface area contributed by atoms with E-state index in [-0.39, 0.29) is 154 Å². The van der Waals surface area contributed by atoms with Crippen molar-refractivity contribution in [2.24, 2.45) is 0 Å². The molecule has 2 aromatic carbocycles. The number of hydrogen-bond acceptors (Lipinski definition) is 3. The van der Waals surface area contributed by atoms with Gasteiger partial charge in [-0.3, -0.25) is 9.12 Å². The van der Waals surface area contributed by atoms with Gasteiger partial charge in [0.1, 0.15) is 0 Å². The van der Waals surface area contributed by atoms with E-state index in [1.54, 1.807) is 6.08 Å². The summed E-state index contributed by atoms with van der Waals surface area (Å²) in [4.78, 5) is 16.0. The van der Waals surface area contributed by atoms with Crippen molar-refractivity contribution in [3.8, 4) is 11.1 Å². The van der Waals surface area contributed by atoms with Gasteiger partial charge in [-0.2, -0.15) is 8.42 Å². The molecule has 0 aliphatic carbocycles. The minimum absolute atomic E-state index is 0. The summed E-state index contributed by atoms with van der Waals surface area (Å²) in [6.07, 6.45) is 7.12. The van der Waals surface area contributed by atoms with Crippen molar-refractivity contribution in [2.75, 3.05) is 0 Å². The average molecular weight is 556 g/mol. The van der Waals surface area contributed by atoms with Gasteiger partial charge in [0.2, 0.25) is 0 Å². The monoisotopic (exact) mass is 555 g/mol. The molecule has 0 saturated carbocycles. The first-order valence-corrected chi connectivity index (χ1v) is 12.7.